The van der Waals surface area contributed by atoms with Gasteiger partial charge in [-0.05, 0) is 12.8 Å². The molecule has 1 saturated heterocycles. The molecule has 7 heteroatoms. The third-order valence-electron chi connectivity index (χ3n) is 3.38. The minimum Gasteiger partial charge on any atom is -0.377 e. The maximum atomic E-state index is 11.9. The minimum absolute atomic E-state index is 0.0282. The van der Waals surface area contributed by atoms with Crippen LogP contribution in [-0.2, 0) is 16.1 Å². The number of rotatable bonds is 5. The van der Waals surface area contributed by atoms with Crippen molar-refractivity contribution in [2.75, 3.05) is 38.0 Å². The SMILES string of the molecule is CNC(=O)C1CCCN1c1cc(NC)nc(COC)n1. The number of nitrogens with zero attached hydrogens (tertiary/aromatic N) is 3. The second kappa shape index (κ2) is 6.51. The van der Waals surface area contributed by atoms with Crippen molar-refractivity contribution in [3.05, 3.63) is 11.9 Å². The van der Waals surface area contributed by atoms with E-state index in [0.717, 1.165) is 31.0 Å². The van der Waals surface area contributed by atoms with E-state index in [4.69, 9.17) is 4.74 Å². The Morgan fingerprint density at radius 3 is 2.95 bits per heavy atom. The lowest BCUT2D eigenvalue weighted by molar-refractivity contribution is -0.121. The van der Waals surface area contributed by atoms with Crippen molar-refractivity contribution in [1.82, 2.24) is 15.3 Å². The van der Waals surface area contributed by atoms with Crippen molar-refractivity contribution >= 4 is 17.5 Å². The predicted molar refractivity (Wildman–Crippen MR) is 76.7 cm³/mol. The van der Waals surface area contributed by atoms with Gasteiger partial charge in [0.2, 0.25) is 5.91 Å². The Bertz CT molecular complexity index is 480. The Labute approximate surface area is 118 Å². The molecule has 0 aromatic carbocycles. The van der Waals surface area contributed by atoms with Crippen molar-refractivity contribution in [2.24, 2.45) is 0 Å². The molecule has 0 bridgehead atoms. The maximum Gasteiger partial charge on any atom is 0.242 e. The van der Waals surface area contributed by atoms with E-state index in [0.29, 0.717) is 12.4 Å². The molecule has 1 aromatic heterocycles. The van der Waals surface area contributed by atoms with E-state index in [1.807, 2.05) is 18.0 Å². The van der Waals surface area contributed by atoms with E-state index < -0.39 is 0 Å². The molecule has 2 rings (SSSR count). The van der Waals surface area contributed by atoms with Crippen LogP contribution in [0.3, 0.4) is 0 Å². The Morgan fingerprint density at radius 2 is 2.30 bits per heavy atom. The molecule has 0 spiro atoms. The molecule has 0 radical (unpaired) electrons. The van der Waals surface area contributed by atoms with Gasteiger partial charge >= 0.3 is 0 Å². The summed E-state index contributed by atoms with van der Waals surface area (Å²) in [5, 5.41) is 5.72. The normalized spacial score (nSPS) is 18.1. The monoisotopic (exact) mass is 279 g/mol. The number of likely N-dealkylation sites (N-methyl/N-ethyl adjacent to an activating group) is 1. The van der Waals surface area contributed by atoms with Crippen molar-refractivity contribution in [3.8, 4) is 0 Å². The van der Waals surface area contributed by atoms with Crippen LogP contribution in [0, 0.1) is 0 Å². The molecular formula is C13H21N5O2. The Balaban J connectivity index is 2.30. The molecule has 2 N–H and O–H groups in total. The van der Waals surface area contributed by atoms with Crippen LogP contribution in [0.4, 0.5) is 11.6 Å². The summed E-state index contributed by atoms with van der Waals surface area (Å²) < 4.78 is 5.09. The van der Waals surface area contributed by atoms with Gasteiger partial charge in [-0.1, -0.05) is 0 Å². The zero-order valence-electron chi connectivity index (χ0n) is 12.1. The Morgan fingerprint density at radius 1 is 1.50 bits per heavy atom. The third kappa shape index (κ3) is 2.98. The van der Waals surface area contributed by atoms with Crippen LogP contribution in [-0.4, -0.2) is 49.7 Å². The maximum absolute atomic E-state index is 11.9. The van der Waals surface area contributed by atoms with E-state index in [2.05, 4.69) is 20.6 Å². The van der Waals surface area contributed by atoms with Gasteiger partial charge in [0.05, 0.1) is 0 Å². The number of ether oxygens (including phenoxy) is 1. The molecule has 7 nitrogen and oxygen atoms in total. The molecule has 0 saturated carbocycles. The second-order valence-electron chi connectivity index (χ2n) is 4.68. The second-order valence-corrected chi connectivity index (χ2v) is 4.68. The molecule has 1 fully saturated rings. The van der Waals surface area contributed by atoms with Gasteiger partial charge in [0.15, 0.2) is 5.82 Å². The predicted octanol–water partition coefficient (Wildman–Crippen LogP) is 0.379. The fourth-order valence-electron chi connectivity index (χ4n) is 2.43. The summed E-state index contributed by atoms with van der Waals surface area (Å²) in [4.78, 5) is 22.8. The van der Waals surface area contributed by atoms with Gasteiger partial charge < -0.3 is 20.3 Å². The Hall–Kier alpha value is -1.89. The lowest BCUT2D eigenvalue weighted by atomic mass is 10.2. The summed E-state index contributed by atoms with van der Waals surface area (Å²) >= 11 is 0. The number of hydrogen-bond donors (Lipinski definition) is 2. The highest BCUT2D eigenvalue weighted by Gasteiger charge is 2.31. The van der Waals surface area contributed by atoms with Crippen LogP contribution in [0.25, 0.3) is 0 Å². The highest BCUT2D eigenvalue weighted by Crippen LogP contribution is 2.25. The summed E-state index contributed by atoms with van der Waals surface area (Å²) in [5.74, 6) is 2.13. The van der Waals surface area contributed by atoms with Crippen molar-refractivity contribution < 1.29 is 9.53 Å². The quantitative estimate of drug-likeness (QED) is 0.811. The zero-order chi connectivity index (χ0) is 14.5. The molecule has 0 aliphatic carbocycles. The van der Waals surface area contributed by atoms with Crippen LogP contribution < -0.4 is 15.5 Å². The molecule has 20 heavy (non-hydrogen) atoms. The highest BCUT2D eigenvalue weighted by atomic mass is 16.5. The molecule has 1 unspecified atom stereocenters. The molecule has 1 aliphatic heterocycles. The first-order chi connectivity index (χ1) is 9.69. The molecule has 1 aliphatic rings. The number of hydrogen-bond acceptors (Lipinski definition) is 6. The summed E-state index contributed by atoms with van der Waals surface area (Å²) in [6.45, 7) is 1.17. The minimum atomic E-state index is -0.157. The lowest BCUT2D eigenvalue weighted by Crippen LogP contribution is -2.42. The van der Waals surface area contributed by atoms with E-state index >= 15 is 0 Å². The van der Waals surface area contributed by atoms with E-state index in [-0.39, 0.29) is 11.9 Å². The highest BCUT2D eigenvalue weighted by molar-refractivity contribution is 5.85. The smallest absolute Gasteiger partial charge is 0.242 e. The van der Waals surface area contributed by atoms with Crippen molar-refractivity contribution in [3.63, 3.8) is 0 Å². The fourth-order valence-corrected chi connectivity index (χ4v) is 2.43. The first-order valence-electron chi connectivity index (χ1n) is 6.72. The van der Waals surface area contributed by atoms with Gasteiger partial charge in [-0.2, -0.15) is 0 Å². The standard InChI is InChI=1S/C13H21N5O2/c1-14-10-7-12(17-11(16-10)8-20-3)18-6-4-5-9(18)13(19)15-2/h7,9H,4-6,8H2,1-3H3,(H,15,19)(H,14,16,17). The number of carbonyl (C=O) groups excluding carboxylic acids is 1. The zero-order valence-corrected chi connectivity index (χ0v) is 12.1. The van der Waals surface area contributed by atoms with Crippen LogP contribution in [0.2, 0.25) is 0 Å². The first-order valence-corrected chi connectivity index (χ1v) is 6.72. The Kier molecular flexibility index (Phi) is 4.73. The summed E-state index contributed by atoms with van der Waals surface area (Å²) in [7, 11) is 5.08. The number of amides is 1. The number of nitrogens with one attached hydrogen (secondary N) is 2. The lowest BCUT2D eigenvalue weighted by Gasteiger charge is -2.25. The van der Waals surface area contributed by atoms with Gasteiger partial charge in [0.25, 0.3) is 0 Å². The summed E-state index contributed by atoms with van der Waals surface area (Å²) in [6, 6.07) is 1.70. The topological polar surface area (TPSA) is 79.4 Å². The van der Waals surface area contributed by atoms with Gasteiger partial charge in [0, 0.05) is 33.8 Å². The van der Waals surface area contributed by atoms with E-state index in [1.165, 1.54) is 0 Å². The van der Waals surface area contributed by atoms with Gasteiger partial charge in [0.1, 0.15) is 24.3 Å². The van der Waals surface area contributed by atoms with Gasteiger partial charge in [-0.25, -0.2) is 9.97 Å². The average Bonchev–Trinajstić information content (AvgIpc) is 2.95. The van der Waals surface area contributed by atoms with Gasteiger partial charge in [-0.3, -0.25) is 4.79 Å². The van der Waals surface area contributed by atoms with Crippen LogP contribution in [0.5, 0.6) is 0 Å². The first kappa shape index (κ1) is 14.5. The molecule has 1 amide bonds. The molecule has 1 atom stereocenters. The third-order valence-corrected chi connectivity index (χ3v) is 3.38. The van der Waals surface area contributed by atoms with E-state index in [9.17, 15) is 4.79 Å². The van der Waals surface area contributed by atoms with Crippen LogP contribution >= 0.6 is 0 Å². The van der Waals surface area contributed by atoms with Crippen molar-refractivity contribution in [1.29, 1.82) is 0 Å². The number of methoxy groups -OCH3 is 1. The number of carbonyl (C=O) groups is 1. The van der Waals surface area contributed by atoms with Crippen LogP contribution in [0.15, 0.2) is 6.07 Å². The summed E-state index contributed by atoms with van der Waals surface area (Å²) in [5.41, 5.74) is 0. The van der Waals surface area contributed by atoms with Crippen molar-refractivity contribution in [2.45, 2.75) is 25.5 Å². The van der Waals surface area contributed by atoms with E-state index in [1.54, 1.807) is 14.2 Å². The average molecular weight is 279 g/mol. The fraction of sp³-hybridized carbons (Fsp3) is 0.615. The summed E-state index contributed by atoms with van der Waals surface area (Å²) in [6.07, 6.45) is 1.83. The largest absolute Gasteiger partial charge is 0.377 e. The molecule has 1 aromatic rings. The molecule has 110 valence electrons. The molecule has 2 heterocycles. The van der Waals surface area contributed by atoms with Gasteiger partial charge in [-0.15, -0.1) is 0 Å². The van der Waals surface area contributed by atoms with Crippen LogP contribution in [0.1, 0.15) is 18.7 Å². The number of anilines is 2. The number of aromatic nitrogens is 2. The molecular weight excluding hydrogens is 258 g/mol.